The third-order valence-corrected chi connectivity index (χ3v) is 14.1. The second-order valence-corrected chi connectivity index (χ2v) is 23.9. The Morgan fingerprint density at radius 2 is 0.889 bits per heavy atom. The number of ether oxygens (including phenoxy) is 4. The minimum absolute atomic E-state index is 0.0208. The summed E-state index contributed by atoms with van der Waals surface area (Å²) in [5, 5.41) is 5.98. The van der Waals surface area contributed by atoms with Crippen LogP contribution in [0, 0.1) is 11.8 Å². The monoisotopic (exact) mass is 1120 g/mol. The van der Waals surface area contributed by atoms with Gasteiger partial charge in [-0.2, -0.15) is 0 Å². The normalized spacial score (nSPS) is 13.0. The summed E-state index contributed by atoms with van der Waals surface area (Å²) in [6, 6.07) is 31.5. The molecule has 0 aliphatic carbocycles. The van der Waals surface area contributed by atoms with E-state index in [9.17, 15) is 28.8 Å². The van der Waals surface area contributed by atoms with E-state index in [1.807, 2.05) is 151 Å². The van der Waals surface area contributed by atoms with Crippen molar-refractivity contribution in [2.75, 3.05) is 6.54 Å². The van der Waals surface area contributed by atoms with Crippen LogP contribution >= 0.6 is 0 Å². The molecule has 13 nitrogen and oxygen atoms in total. The highest BCUT2D eigenvalue weighted by molar-refractivity contribution is 5.95. The van der Waals surface area contributed by atoms with Crippen molar-refractivity contribution >= 4 is 35.3 Å². The highest BCUT2D eigenvalue weighted by Gasteiger charge is 2.33. The average molecular weight is 1120 g/mol. The number of amides is 2. The molecule has 444 valence electrons. The summed E-state index contributed by atoms with van der Waals surface area (Å²) >= 11 is 0. The highest BCUT2D eigenvalue weighted by atomic mass is 16.5. The van der Waals surface area contributed by atoms with E-state index in [4.69, 9.17) is 18.9 Å². The molecule has 0 aromatic heterocycles. The number of hydrogen-bond acceptors (Lipinski definition) is 10. The van der Waals surface area contributed by atoms with Crippen LogP contribution in [-0.2, 0) is 64.3 Å². The van der Waals surface area contributed by atoms with Crippen molar-refractivity contribution in [1.82, 2.24) is 10.6 Å². The predicted octanol–water partition coefficient (Wildman–Crippen LogP) is 12.7. The van der Waals surface area contributed by atoms with Crippen LogP contribution in [0.25, 0.3) is 0 Å². The van der Waals surface area contributed by atoms with Crippen LogP contribution in [0.2, 0.25) is 0 Å². The molecule has 0 saturated heterocycles. The number of unbranched alkanes of at least 4 members (excludes halogenated alkanes) is 13. The predicted molar refractivity (Wildman–Crippen MR) is 320 cm³/mol. The van der Waals surface area contributed by atoms with E-state index in [1.165, 1.54) is 64.2 Å². The fourth-order valence-corrected chi connectivity index (χ4v) is 9.61. The number of carbonyl (C=O) groups excluding carboxylic acids is 6. The topological polar surface area (TPSA) is 191 Å². The zero-order valence-electron chi connectivity index (χ0n) is 50.2. The quantitative estimate of drug-likeness (QED) is 0.0285. The van der Waals surface area contributed by atoms with Crippen LogP contribution in [-0.4, -0.2) is 65.1 Å². The first-order valence-corrected chi connectivity index (χ1v) is 30.2. The number of hydrogen-bond donors (Lipinski definition) is 3. The van der Waals surface area contributed by atoms with Crippen LogP contribution in [0.1, 0.15) is 199 Å². The van der Waals surface area contributed by atoms with Crippen molar-refractivity contribution in [3.63, 3.8) is 0 Å². The van der Waals surface area contributed by atoms with Crippen LogP contribution in [0.15, 0.2) is 109 Å². The second kappa shape index (κ2) is 36.9. The summed E-state index contributed by atoms with van der Waals surface area (Å²) < 4.78 is 23.2. The van der Waals surface area contributed by atoms with Gasteiger partial charge in [-0.1, -0.05) is 175 Å². The summed E-state index contributed by atoms with van der Waals surface area (Å²) in [6.45, 7) is 14.5. The molecule has 4 atom stereocenters. The standard InChI is InChI=1S/C68H97N3O10/c1-8-9-10-11-12-13-14-15-16-17-18-19-20-27-44-70-65(76)55(36-42-63(74)78-49-53-28-23-21-24-29-53)47-62(73)60(41-43-64(75)79-50-54-30-25-22-26-31-54)71-66(77)56(45-51-32-37-57(38-33-51)80-67(2,3)4)48-61(72)59(69)46-52-34-39-58(40-35-52)81-68(5,6)7/h21-26,28-35,37-40,55-56,59-60H,8-20,27,36,41-50,69H2,1-7H3,(H,70,76)(H,71,77)/p+1/t55-,56-,59+,60+/m0/s1. The van der Waals surface area contributed by atoms with E-state index in [2.05, 4.69) is 23.3 Å². The Morgan fingerprint density at radius 1 is 0.469 bits per heavy atom. The molecule has 0 radical (unpaired) electrons. The lowest BCUT2D eigenvalue weighted by Gasteiger charge is -2.24. The molecule has 4 aromatic rings. The molecule has 0 fully saturated rings. The van der Waals surface area contributed by atoms with Gasteiger partial charge in [-0.3, -0.25) is 28.8 Å². The molecule has 0 aliphatic heterocycles. The summed E-state index contributed by atoms with van der Waals surface area (Å²) in [7, 11) is 0. The van der Waals surface area contributed by atoms with Gasteiger partial charge in [0.05, 0.1) is 6.04 Å². The molecule has 0 saturated carbocycles. The van der Waals surface area contributed by atoms with Crippen molar-refractivity contribution in [3.05, 3.63) is 131 Å². The first-order valence-electron chi connectivity index (χ1n) is 30.2. The number of ketones is 2. The third-order valence-electron chi connectivity index (χ3n) is 14.1. The van der Waals surface area contributed by atoms with Gasteiger partial charge in [0.1, 0.15) is 42.0 Å². The van der Waals surface area contributed by atoms with Crippen molar-refractivity contribution in [3.8, 4) is 11.5 Å². The van der Waals surface area contributed by atoms with Gasteiger partial charge in [0.25, 0.3) is 0 Å². The van der Waals surface area contributed by atoms with E-state index in [0.29, 0.717) is 24.5 Å². The maximum absolute atomic E-state index is 14.8. The zero-order chi connectivity index (χ0) is 58.9. The van der Waals surface area contributed by atoms with Gasteiger partial charge < -0.3 is 35.3 Å². The van der Waals surface area contributed by atoms with Crippen molar-refractivity contribution < 1.29 is 53.4 Å². The Morgan fingerprint density at radius 3 is 1.35 bits per heavy atom. The minimum atomic E-state index is -1.24. The van der Waals surface area contributed by atoms with Crippen LogP contribution in [0.4, 0.5) is 0 Å². The largest absolute Gasteiger partial charge is 0.488 e. The first-order chi connectivity index (χ1) is 38.8. The van der Waals surface area contributed by atoms with Gasteiger partial charge in [-0.05, 0) is 114 Å². The highest BCUT2D eigenvalue weighted by Crippen LogP contribution is 2.25. The number of quaternary nitrogens is 1. The molecule has 81 heavy (non-hydrogen) atoms. The maximum Gasteiger partial charge on any atom is 0.306 e. The molecular weight excluding hydrogens is 1020 g/mol. The smallest absolute Gasteiger partial charge is 0.306 e. The summed E-state index contributed by atoms with van der Waals surface area (Å²) in [5.74, 6) is -3.28. The number of esters is 2. The van der Waals surface area contributed by atoms with Crippen LogP contribution in [0.5, 0.6) is 11.5 Å². The number of rotatable bonds is 40. The molecule has 0 aliphatic rings. The maximum atomic E-state index is 14.8. The van der Waals surface area contributed by atoms with E-state index in [-0.39, 0.29) is 75.5 Å². The van der Waals surface area contributed by atoms with Crippen LogP contribution < -0.4 is 25.8 Å². The molecule has 2 amide bonds. The Kier molecular flexibility index (Phi) is 30.6. The van der Waals surface area contributed by atoms with E-state index in [0.717, 1.165) is 47.9 Å². The molecule has 0 spiro atoms. The Labute approximate surface area is 485 Å². The fraction of sp³-hybridized carbons (Fsp3) is 0.559. The van der Waals surface area contributed by atoms with Crippen LogP contribution in [0.3, 0.4) is 0 Å². The van der Waals surface area contributed by atoms with Crippen molar-refractivity contribution in [2.45, 2.75) is 226 Å². The zero-order valence-corrected chi connectivity index (χ0v) is 50.2. The van der Waals surface area contributed by atoms with E-state index in [1.54, 1.807) is 0 Å². The Hall–Kier alpha value is -6.34. The molecule has 0 bridgehead atoms. The molecule has 4 rings (SSSR count). The van der Waals surface area contributed by atoms with Crippen molar-refractivity contribution in [1.29, 1.82) is 0 Å². The van der Waals surface area contributed by atoms with Gasteiger partial charge in [-0.15, -0.1) is 0 Å². The van der Waals surface area contributed by atoms with Gasteiger partial charge in [-0.25, -0.2) is 0 Å². The molecule has 0 heterocycles. The third kappa shape index (κ3) is 29.8. The Bertz CT molecular complexity index is 2450. The van der Waals surface area contributed by atoms with E-state index >= 15 is 0 Å². The van der Waals surface area contributed by atoms with Crippen molar-refractivity contribution in [2.24, 2.45) is 11.8 Å². The van der Waals surface area contributed by atoms with Gasteiger partial charge in [0.15, 0.2) is 11.6 Å². The van der Waals surface area contributed by atoms with Gasteiger partial charge in [0.2, 0.25) is 11.8 Å². The number of nitrogens with one attached hydrogen (secondary N) is 2. The summed E-state index contributed by atoms with van der Waals surface area (Å²) in [6.07, 6.45) is 16.4. The van der Waals surface area contributed by atoms with E-state index < -0.39 is 53.1 Å². The lowest BCUT2D eigenvalue weighted by Crippen LogP contribution is -2.66. The molecular formula is C68H98N3O10+. The molecule has 5 N–H and O–H groups in total. The molecule has 4 aromatic carbocycles. The summed E-state index contributed by atoms with van der Waals surface area (Å²) in [5.41, 5.74) is 6.66. The van der Waals surface area contributed by atoms with Gasteiger partial charge in [0, 0.05) is 50.5 Å². The lowest BCUT2D eigenvalue weighted by molar-refractivity contribution is -0.402. The fourth-order valence-electron chi connectivity index (χ4n) is 9.61. The second-order valence-electron chi connectivity index (χ2n) is 23.9. The number of benzene rings is 4. The molecule has 13 heteroatoms. The summed E-state index contributed by atoms with van der Waals surface area (Å²) in [4.78, 5) is 84.3. The average Bonchev–Trinajstić information content (AvgIpc) is 3.43. The minimum Gasteiger partial charge on any atom is -0.488 e. The van der Waals surface area contributed by atoms with Gasteiger partial charge >= 0.3 is 11.9 Å². The lowest BCUT2D eigenvalue weighted by atomic mass is 9.88. The molecule has 0 unspecified atom stereocenters. The SMILES string of the molecule is CCCCCCCCCCCCCCCCNC(=O)[C@@H](CCC(=O)OCc1ccccc1)CC(=O)[C@@H](CCC(=O)OCc1ccccc1)NC(=O)[C@H](CC(=O)[C@H]([NH3+])Cc1ccc(OC(C)(C)C)cc1)Cc1ccc(OC(C)(C)C)cc1. The number of Topliss-reactive ketones (excluding diaryl/α,β-unsaturated/α-hetero) is 2. The Balaban J connectivity index is 1.51. The number of carbonyl (C=O) groups is 6. The first kappa shape index (κ1) is 67.2.